The van der Waals surface area contributed by atoms with E-state index in [9.17, 15) is 24.9 Å². The normalized spacial score (nSPS) is 23.1. The van der Waals surface area contributed by atoms with Crippen LogP contribution in [-0.4, -0.2) is 116 Å². The fourth-order valence-corrected chi connectivity index (χ4v) is 9.62. The Kier molecular flexibility index (Phi) is 23.2. The molecule has 2 amide bonds. The van der Waals surface area contributed by atoms with Crippen molar-refractivity contribution in [2.75, 3.05) is 66.4 Å². The van der Waals surface area contributed by atoms with Crippen molar-refractivity contribution in [2.45, 2.75) is 141 Å². The zero-order valence-corrected chi connectivity index (χ0v) is 37.9. The van der Waals surface area contributed by atoms with Crippen molar-refractivity contribution in [3.05, 3.63) is 48.1 Å². The Bertz CT molecular complexity index is 1560. The summed E-state index contributed by atoms with van der Waals surface area (Å²) < 4.78 is 31.1. The van der Waals surface area contributed by atoms with E-state index in [0.29, 0.717) is 43.2 Å². The average molecular weight is 872 g/mol. The molecule has 14 heteroatoms. The van der Waals surface area contributed by atoms with Gasteiger partial charge in [0.15, 0.2) is 0 Å². The first-order valence-corrected chi connectivity index (χ1v) is 23.5. The van der Waals surface area contributed by atoms with Gasteiger partial charge in [-0.3, -0.25) is 4.90 Å². The maximum atomic E-state index is 13.8. The van der Waals surface area contributed by atoms with Gasteiger partial charge in [-0.15, -0.1) is 6.58 Å². The van der Waals surface area contributed by atoms with Gasteiger partial charge >= 0.3 is 12.2 Å². The Morgan fingerprint density at radius 2 is 1.65 bits per heavy atom. The summed E-state index contributed by atoms with van der Waals surface area (Å²) in [5.41, 5.74) is 2.39. The van der Waals surface area contributed by atoms with Crippen LogP contribution in [0.2, 0.25) is 0 Å². The zero-order chi connectivity index (χ0) is 44.6. The van der Waals surface area contributed by atoms with Gasteiger partial charge in [-0.2, -0.15) is 0 Å². The van der Waals surface area contributed by atoms with Crippen LogP contribution in [-0.2, 0) is 19.0 Å². The Morgan fingerprint density at radius 1 is 0.935 bits per heavy atom. The Morgan fingerprint density at radius 3 is 2.31 bits per heavy atom. The molecule has 1 aliphatic heterocycles. The van der Waals surface area contributed by atoms with Crippen molar-refractivity contribution in [3.8, 4) is 11.5 Å². The zero-order valence-electron chi connectivity index (χ0n) is 37.9. The fraction of sp³-hybridized carbons (Fsp3) is 0.729. The van der Waals surface area contributed by atoms with E-state index in [1.165, 1.54) is 52.1 Å². The SMILES string of the molecule is C=CCO[C@@]12Oc3ccc(OC(=O)NCCCCCCCCCCCC)cc3[C@H]3[C@H](CCCCO)[C@@H](CCCCO)C=C(C(=NOCC)C[C@@H]1N(CCOCCO)C(=O)OC)[C@H]32. The summed E-state index contributed by atoms with van der Waals surface area (Å²) >= 11 is 0. The lowest BCUT2D eigenvalue weighted by atomic mass is 9.55. The lowest BCUT2D eigenvalue weighted by Crippen LogP contribution is -2.70. The molecular formula is C48H77N3O11. The molecular weight excluding hydrogens is 795 g/mol. The average Bonchev–Trinajstić information content (AvgIpc) is 3.28. The second kappa shape index (κ2) is 28.2. The van der Waals surface area contributed by atoms with E-state index < -0.39 is 29.9 Å². The molecule has 0 unspecified atom stereocenters. The number of methoxy groups -OCH3 is 1. The third kappa shape index (κ3) is 14.2. The number of fused-ring (bicyclic) bond motifs is 2. The van der Waals surface area contributed by atoms with Crippen molar-refractivity contribution in [3.63, 3.8) is 0 Å². The van der Waals surface area contributed by atoms with E-state index in [1.807, 2.05) is 19.1 Å². The predicted octanol–water partition coefficient (Wildman–Crippen LogP) is 8.43. The molecule has 1 aromatic carbocycles. The van der Waals surface area contributed by atoms with E-state index in [-0.39, 0.29) is 70.4 Å². The highest BCUT2D eigenvalue weighted by Gasteiger charge is 2.65. The highest BCUT2D eigenvalue weighted by molar-refractivity contribution is 6.03. The van der Waals surface area contributed by atoms with Crippen molar-refractivity contribution in [2.24, 2.45) is 22.9 Å². The number of oxime groups is 1. The first kappa shape index (κ1) is 50.9. The second-order valence-electron chi connectivity index (χ2n) is 16.7. The topological polar surface area (TPSA) is 178 Å². The van der Waals surface area contributed by atoms with E-state index in [2.05, 4.69) is 30.1 Å². The molecule has 4 rings (SSSR count). The molecule has 14 nitrogen and oxygen atoms in total. The van der Waals surface area contributed by atoms with Gasteiger partial charge in [0.25, 0.3) is 0 Å². The van der Waals surface area contributed by atoms with Gasteiger partial charge in [-0.1, -0.05) is 94.9 Å². The maximum Gasteiger partial charge on any atom is 0.412 e. The van der Waals surface area contributed by atoms with E-state index >= 15 is 0 Å². The summed E-state index contributed by atoms with van der Waals surface area (Å²) in [5, 5.41) is 36.8. The van der Waals surface area contributed by atoms with Gasteiger partial charge in [-0.05, 0) is 74.6 Å². The minimum atomic E-state index is -1.48. The van der Waals surface area contributed by atoms with Crippen LogP contribution >= 0.6 is 0 Å². The first-order valence-electron chi connectivity index (χ1n) is 23.5. The van der Waals surface area contributed by atoms with Crippen LogP contribution in [0, 0.1) is 17.8 Å². The van der Waals surface area contributed by atoms with Gasteiger partial charge in [-0.25, -0.2) is 9.59 Å². The number of aliphatic hydroxyl groups excluding tert-OH is 3. The lowest BCUT2D eigenvalue weighted by Gasteiger charge is -2.59. The van der Waals surface area contributed by atoms with Crippen LogP contribution in [0.1, 0.15) is 134 Å². The summed E-state index contributed by atoms with van der Waals surface area (Å²) in [6.45, 7) is 9.34. The third-order valence-electron chi connectivity index (χ3n) is 12.5. The Balaban J connectivity index is 1.75. The molecule has 62 heavy (non-hydrogen) atoms. The van der Waals surface area contributed by atoms with Gasteiger partial charge in [0.1, 0.15) is 24.1 Å². The molecule has 6 atom stereocenters. The summed E-state index contributed by atoms with van der Waals surface area (Å²) in [5.74, 6) is -1.36. The number of allylic oxidation sites excluding steroid dienone is 1. The minimum absolute atomic E-state index is 0.00433. The quantitative estimate of drug-likeness (QED) is 0.0320. The van der Waals surface area contributed by atoms with Crippen molar-refractivity contribution in [1.82, 2.24) is 10.2 Å². The van der Waals surface area contributed by atoms with Gasteiger partial charge in [0.2, 0.25) is 5.79 Å². The van der Waals surface area contributed by atoms with Crippen LogP contribution in [0.3, 0.4) is 0 Å². The number of amides is 2. The van der Waals surface area contributed by atoms with E-state index in [0.717, 1.165) is 56.1 Å². The molecule has 1 heterocycles. The summed E-state index contributed by atoms with van der Waals surface area (Å²) in [6.07, 6.45) is 19.5. The third-order valence-corrected chi connectivity index (χ3v) is 12.5. The number of hydrogen-bond donors (Lipinski definition) is 4. The molecule has 1 aromatic rings. The molecule has 0 bridgehead atoms. The molecule has 350 valence electrons. The Labute approximate surface area is 370 Å². The maximum absolute atomic E-state index is 13.8. The number of carbonyl (C=O) groups is 2. The van der Waals surface area contributed by atoms with Crippen LogP contribution in [0.25, 0.3) is 0 Å². The highest BCUT2D eigenvalue weighted by atomic mass is 16.7. The lowest BCUT2D eigenvalue weighted by molar-refractivity contribution is -0.255. The monoisotopic (exact) mass is 872 g/mol. The van der Waals surface area contributed by atoms with E-state index in [1.54, 1.807) is 17.0 Å². The molecule has 1 fully saturated rings. The largest absolute Gasteiger partial charge is 0.459 e. The number of nitrogens with one attached hydrogen (secondary N) is 1. The van der Waals surface area contributed by atoms with Crippen LogP contribution in [0.4, 0.5) is 9.59 Å². The van der Waals surface area contributed by atoms with Crippen LogP contribution < -0.4 is 14.8 Å². The first-order chi connectivity index (χ1) is 30.3. The fourth-order valence-electron chi connectivity index (χ4n) is 9.62. The standard InChI is InChI=1S/C48H77N3O11/c1-5-8-9-10-11-12-13-14-15-18-25-49-46(55)61-37-23-24-42-40(34-37)44-38(22-17-20-28-53)36(21-16-19-27-52)33-39-41(50-60-7-3)35-43(48(62-42,45(39)44)59-30-6-2)51(47(56)57-4)26-31-58-32-29-54/h6,23-24,33-34,36,38,43-45,52-54H,2,5,7-22,25-32,35H2,1,3-4H3,(H,49,55)/t36-,38+,43-,44+,45+,48+/m0/s1. The molecule has 0 spiro atoms. The number of hydrogen-bond acceptors (Lipinski definition) is 12. The summed E-state index contributed by atoms with van der Waals surface area (Å²) in [6, 6.07) is 4.64. The van der Waals surface area contributed by atoms with Crippen molar-refractivity contribution in [1.29, 1.82) is 0 Å². The van der Waals surface area contributed by atoms with Crippen LogP contribution in [0.5, 0.6) is 11.5 Å². The molecule has 1 saturated carbocycles. The molecule has 2 aliphatic carbocycles. The van der Waals surface area contributed by atoms with Crippen molar-refractivity contribution < 1.29 is 53.4 Å². The number of benzene rings is 1. The number of carbonyl (C=O) groups excluding carboxylic acids is 2. The second-order valence-corrected chi connectivity index (χ2v) is 16.7. The van der Waals surface area contributed by atoms with Crippen molar-refractivity contribution >= 4 is 17.9 Å². The number of rotatable bonds is 31. The smallest absolute Gasteiger partial charge is 0.412 e. The molecule has 0 aromatic heterocycles. The predicted molar refractivity (Wildman–Crippen MR) is 239 cm³/mol. The minimum Gasteiger partial charge on any atom is -0.459 e. The number of nitrogens with zero attached hydrogens (tertiary/aromatic N) is 2. The number of unbranched alkanes of at least 4 members (excludes halogenated alkanes) is 11. The summed E-state index contributed by atoms with van der Waals surface area (Å²) in [4.78, 5) is 34.4. The molecule has 3 aliphatic rings. The van der Waals surface area contributed by atoms with Gasteiger partial charge in [0, 0.05) is 44.2 Å². The summed E-state index contributed by atoms with van der Waals surface area (Å²) in [7, 11) is 1.33. The molecule has 0 radical (unpaired) electrons. The molecule has 4 N–H and O–H groups in total. The van der Waals surface area contributed by atoms with Crippen LogP contribution in [0.15, 0.2) is 47.7 Å². The number of ether oxygens (including phenoxy) is 5. The van der Waals surface area contributed by atoms with Gasteiger partial charge < -0.3 is 49.2 Å². The Hall–Kier alpha value is -3.69. The van der Waals surface area contributed by atoms with Gasteiger partial charge in [0.05, 0.1) is 45.2 Å². The van der Waals surface area contributed by atoms with E-state index in [4.69, 9.17) is 28.5 Å². The molecule has 0 saturated heterocycles. The highest BCUT2D eigenvalue weighted by Crippen LogP contribution is 2.62. The number of aliphatic hydroxyl groups is 3.